The van der Waals surface area contributed by atoms with Gasteiger partial charge >= 0.3 is 5.97 Å². The Bertz CT molecular complexity index is 911. The Morgan fingerprint density at radius 1 is 0.920 bits per heavy atom. The van der Waals surface area contributed by atoms with Crippen molar-refractivity contribution in [1.29, 1.82) is 0 Å². The van der Waals surface area contributed by atoms with E-state index >= 15 is 0 Å². The third-order valence-electron chi connectivity index (χ3n) is 4.08. The number of carbonyl (C=O) groups excluding carboxylic acids is 1. The summed E-state index contributed by atoms with van der Waals surface area (Å²) < 4.78 is 11.0. The molecule has 0 atom stereocenters. The number of carbonyl (C=O) groups is 1. The van der Waals surface area contributed by atoms with Crippen molar-refractivity contribution in [2.75, 3.05) is 13.2 Å². The van der Waals surface area contributed by atoms with Gasteiger partial charge in [-0.1, -0.05) is 43.0 Å². The third-order valence-corrected chi connectivity index (χ3v) is 4.08. The highest BCUT2D eigenvalue weighted by atomic mass is 16.5. The molecule has 128 valence electrons. The Labute approximate surface area is 147 Å². The summed E-state index contributed by atoms with van der Waals surface area (Å²) in [6, 6.07) is 18.8. The van der Waals surface area contributed by atoms with Gasteiger partial charge in [-0.3, -0.25) is 0 Å². The summed E-state index contributed by atoms with van der Waals surface area (Å²) in [4.78, 5) is 11.3. The summed E-state index contributed by atoms with van der Waals surface area (Å²) in [5.74, 6) is 0.559. The molecule has 0 saturated heterocycles. The molecule has 0 unspecified atom stereocenters. The fraction of sp³-hybridized carbons (Fsp3) is 0.227. The van der Waals surface area contributed by atoms with Crippen molar-refractivity contribution < 1.29 is 14.3 Å². The number of esters is 1. The van der Waals surface area contributed by atoms with Gasteiger partial charge in [-0.15, -0.1) is 0 Å². The van der Waals surface area contributed by atoms with Crippen LogP contribution in [-0.4, -0.2) is 19.2 Å². The van der Waals surface area contributed by atoms with Crippen molar-refractivity contribution in [3.63, 3.8) is 0 Å². The van der Waals surface area contributed by atoms with Gasteiger partial charge in [-0.2, -0.15) is 0 Å². The zero-order valence-corrected chi connectivity index (χ0v) is 14.5. The van der Waals surface area contributed by atoms with Gasteiger partial charge in [-0.25, -0.2) is 4.79 Å². The fourth-order valence-electron chi connectivity index (χ4n) is 2.74. The third kappa shape index (κ3) is 4.18. The minimum Gasteiger partial charge on any atom is -0.493 e. The molecule has 25 heavy (non-hydrogen) atoms. The van der Waals surface area contributed by atoms with Crippen molar-refractivity contribution in [3.8, 4) is 5.75 Å². The topological polar surface area (TPSA) is 35.5 Å². The summed E-state index contributed by atoms with van der Waals surface area (Å²) in [6.07, 6.45) is 1.60. The zero-order chi connectivity index (χ0) is 17.6. The number of benzene rings is 3. The largest absolute Gasteiger partial charge is 0.493 e. The lowest BCUT2D eigenvalue weighted by Gasteiger charge is -2.11. The number of unbranched alkanes of at least 4 members (excludes halogenated alkanes) is 1. The first-order valence-electron chi connectivity index (χ1n) is 8.52. The van der Waals surface area contributed by atoms with Gasteiger partial charge in [0.15, 0.2) is 0 Å². The first-order chi connectivity index (χ1) is 12.1. The van der Waals surface area contributed by atoms with Crippen molar-refractivity contribution >= 4 is 27.5 Å². The lowest BCUT2D eigenvalue weighted by molar-refractivity contribution is -0.139. The van der Waals surface area contributed by atoms with Crippen LogP contribution in [0.25, 0.3) is 21.5 Å². The minimum atomic E-state index is -0.332. The lowest BCUT2D eigenvalue weighted by Crippen LogP contribution is -2.07. The van der Waals surface area contributed by atoms with E-state index in [-0.39, 0.29) is 5.97 Å². The summed E-state index contributed by atoms with van der Waals surface area (Å²) >= 11 is 0. The van der Waals surface area contributed by atoms with Crippen LogP contribution in [0.4, 0.5) is 0 Å². The lowest BCUT2D eigenvalue weighted by atomic mass is 10.0. The van der Waals surface area contributed by atoms with Crippen molar-refractivity contribution in [2.45, 2.75) is 19.8 Å². The zero-order valence-electron chi connectivity index (χ0n) is 14.5. The maximum atomic E-state index is 11.3. The Balaban J connectivity index is 1.61. The Morgan fingerprint density at radius 3 is 2.36 bits per heavy atom. The molecule has 0 bridgehead atoms. The number of ether oxygens (including phenoxy) is 2. The van der Waals surface area contributed by atoms with Crippen LogP contribution >= 0.6 is 0 Å². The quantitative estimate of drug-likeness (QED) is 0.255. The highest BCUT2D eigenvalue weighted by Gasteiger charge is 2.05. The Morgan fingerprint density at radius 2 is 1.60 bits per heavy atom. The van der Waals surface area contributed by atoms with E-state index in [1.54, 1.807) is 6.92 Å². The molecule has 3 heteroatoms. The van der Waals surface area contributed by atoms with Gasteiger partial charge in [-0.05, 0) is 54.1 Å². The molecule has 0 radical (unpaired) electrons. The molecule has 3 rings (SSSR count). The molecular weight excluding hydrogens is 312 g/mol. The van der Waals surface area contributed by atoms with Crippen LogP contribution in [0.2, 0.25) is 0 Å². The highest BCUT2D eigenvalue weighted by molar-refractivity contribution is 6.00. The summed E-state index contributed by atoms with van der Waals surface area (Å²) in [7, 11) is 0. The van der Waals surface area contributed by atoms with E-state index in [2.05, 4.69) is 43.0 Å². The predicted molar refractivity (Wildman–Crippen MR) is 102 cm³/mol. The van der Waals surface area contributed by atoms with Crippen LogP contribution in [0, 0.1) is 0 Å². The highest BCUT2D eigenvalue weighted by Crippen LogP contribution is 2.30. The molecule has 0 aromatic heterocycles. The molecular formula is C22H22O3. The van der Waals surface area contributed by atoms with Gasteiger partial charge < -0.3 is 9.47 Å². The van der Waals surface area contributed by atoms with E-state index < -0.39 is 0 Å². The molecule has 0 heterocycles. The number of hydrogen-bond donors (Lipinski definition) is 0. The second-order valence-corrected chi connectivity index (χ2v) is 6.15. The van der Waals surface area contributed by atoms with Crippen LogP contribution < -0.4 is 4.74 Å². The molecule has 3 aromatic rings. The van der Waals surface area contributed by atoms with Crippen molar-refractivity contribution in [1.82, 2.24) is 0 Å². The minimum absolute atomic E-state index is 0.332. The Hall–Kier alpha value is -2.81. The average molecular weight is 334 g/mol. The normalized spacial score (nSPS) is 10.8. The number of rotatable bonds is 7. The van der Waals surface area contributed by atoms with Crippen LogP contribution in [-0.2, 0) is 9.53 Å². The first kappa shape index (κ1) is 17.0. The predicted octanol–water partition coefficient (Wildman–Crippen LogP) is 5.27. The van der Waals surface area contributed by atoms with Crippen LogP contribution in [0.5, 0.6) is 5.75 Å². The number of fused-ring (bicyclic) bond motifs is 2. The standard InChI is InChI=1S/C22H22O3/c1-16(2)22(23)25-13-6-5-12-24-21-11-7-10-19-14-17-8-3-4-9-18(17)15-20(19)21/h3-4,7-11,14-15H,1,5-6,12-13H2,2H3. The van der Waals surface area contributed by atoms with Gasteiger partial charge in [0.25, 0.3) is 0 Å². The smallest absolute Gasteiger partial charge is 0.333 e. The monoisotopic (exact) mass is 334 g/mol. The SMILES string of the molecule is C=C(C)C(=O)OCCCCOc1cccc2cc3ccccc3cc12. The van der Waals surface area contributed by atoms with Gasteiger partial charge in [0.05, 0.1) is 13.2 Å². The molecule has 0 saturated carbocycles. The van der Waals surface area contributed by atoms with Crippen molar-refractivity contribution in [3.05, 3.63) is 66.7 Å². The van der Waals surface area contributed by atoms with E-state index in [1.807, 2.05) is 18.2 Å². The molecule has 3 nitrogen and oxygen atoms in total. The van der Waals surface area contributed by atoms with Gasteiger partial charge in [0.1, 0.15) is 5.75 Å². The van der Waals surface area contributed by atoms with E-state index in [1.165, 1.54) is 16.2 Å². The summed E-state index contributed by atoms with van der Waals surface area (Å²) in [5, 5.41) is 4.73. The maximum absolute atomic E-state index is 11.3. The molecule has 0 aliphatic rings. The van der Waals surface area contributed by atoms with E-state index in [0.29, 0.717) is 18.8 Å². The molecule has 3 aromatic carbocycles. The number of hydrogen-bond acceptors (Lipinski definition) is 3. The second kappa shape index (κ2) is 7.84. The summed E-state index contributed by atoms with van der Waals surface area (Å²) in [5.41, 5.74) is 0.430. The van der Waals surface area contributed by atoms with E-state index in [4.69, 9.17) is 9.47 Å². The van der Waals surface area contributed by atoms with Crippen LogP contribution in [0.1, 0.15) is 19.8 Å². The first-order valence-corrected chi connectivity index (χ1v) is 8.52. The Kier molecular flexibility index (Phi) is 5.34. The van der Waals surface area contributed by atoms with Crippen molar-refractivity contribution in [2.24, 2.45) is 0 Å². The molecule has 0 amide bonds. The molecule has 0 aliphatic heterocycles. The van der Waals surface area contributed by atoms with Crippen LogP contribution in [0.15, 0.2) is 66.7 Å². The molecule has 0 aliphatic carbocycles. The van der Waals surface area contributed by atoms with Crippen LogP contribution in [0.3, 0.4) is 0 Å². The summed E-state index contributed by atoms with van der Waals surface area (Å²) in [6.45, 7) is 6.20. The molecule has 0 spiro atoms. The van der Waals surface area contributed by atoms with Gasteiger partial charge in [0, 0.05) is 11.0 Å². The van der Waals surface area contributed by atoms with E-state index in [0.717, 1.165) is 24.0 Å². The van der Waals surface area contributed by atoms with E-state index in [9.17, 15) is 4.79 Å². The van der Waals surface area contributed by atoms with Gasteiger partial charge in [0.2, 0.25) is 0 Å². The molecule has 0 N–H and O–H groups in total. The molecule has 0 fully saturated rings. The average Bonchev–Trinajstić information content (AvgIpc) is 2.62. The second-order valence-electron chi connectivity index (χ2n) is 6.15. The maximum Gasteiger partial charge on any atom is 0.333 e. The fourth-order valence-corrected chi connectivity index (χ4v) is 2.74.